The number of hydrogen-bond acceptors (Lipinski definition) is 4. The van der Waals surface area contributed by atoms with Gasteiger partial charge in [-0.15, -0.1) is 0 Å². The predicted octanol–water partition coefficient (Wildman–Crippen LogP) is 17.0. The van der Waals surface area contributed by atoms with Crippen LogP contribution in [0.3, 0.4) is 0 Å². The Morgan fingerprint density at radius 3 is 1.58 bits per heavy atom. The third-order valence-electron chi connectivity index (χ3n) is 13.5. The van der Waals surface area contributed by atoms with E-state index in [1.807, 2.05) is 54.6 Å². The molecule has 0 atom stereocenters. The second-order valence-corrected chi connectivity index (χ2v) is 17.7. The average molecular weight is 875 g/mol. The zero-order chi connectivity index (χ0) is 44.2. The van der Waals surface area contributed by atoms with Gasteiger partial charge >= 0.3 is 0 Å². The minimum Gasteiger partial charge on any atom is -0.455 e. The Morgan fingerprint density at radius 1 is 0.328 bits per heavy atom. The number of aromatic nitrogens is 4. The molecule has 14 aromatic rings. The lowest BCUT2D eigenvalue weighted by molar-refractivity contribution is 0.670. The highest BCUT2D eigenvalue weighted by Gasteiger charge is 2.23. The van der Waals surface area contributed by atoms with E-state index >= 15 is 0 Å². The molecule has 0 aliphatic rings. The summed E-state index contributed by atoms with van der Waals surface area (Å²) >= 11 is 7.16. The SMILES string of the molecule is Clc1ccc(-c2nc(-c3ccccc3)nc(-c3ccc(-c4cccc5cc6c(cc45)c4cccc5[nH]c7cccc6c7c54)cc3)n2)c2oc3c(-c4ccccc4)cc(-c4ccccc4)cc3c12. The van der Waals surface area contributed by atoms with E-state index in [-0.39, 0.29) is 0 Å². The van der Waals surface area contributed by atoms with Crippen LogP contribution in [0.5, 0.6) is 0 Å². The van der Waals surface area contributed by atoms with E-state index in [2.05, 4.69) is 157 Å². The van der Waals surface area contributed by atoms with Crippen LogP contribution < -0.4 is 0 Å². The lowest BCUT2D eigenvalue weighted by Crippen LogP contribution is -2.00. The summed E-state index contributed by atoms with van der Waals surface area (Å²) in [4.78, 5) is 19.1. The molecule has 1 N–H and O–H groups in total. The van der Waals surface area contributed by atoms with Crippen molar-refractivity contribution in [3.8, 4) is 67.5 Å². The van der Waals surface area contributed by atoms with E-state index in [0.717, 1.165) is 66.4 Å². The van der Waals surface area contributed by atoms with Crippen molar-refractivity contribution in [3.05, 3.63) is 211 Å². The van der Waals surface area contributed by atoms with Crippen LogP contribution in [0.4, 0.5) is 0 Å². The minimum atomic E-state index is 0.494. The number of benzene rings is 11. The first-order chi connectivity index (χ1) is 33.1. The molecule has 0 unspecified atom stereocenters. The lowest BCUT2D eigenvalue weighted by Gasteiger charge is -2.13. The Labute approximate surface area is 388 Å². The number of nitrogens with one attached hydrogen (secondary N) is 1. The summed E-state index contributed by atoms with van der Waals surface area (Å²) in [5.74, 6) is 1.62. The Bertz CT molecular complexity index is 4260. The van der Waals surface area contributed by atoms with Crippen molar-refractivity contribution >= 4 is 87.7 Å². The largest absolute Gasteiger partial charge is 0.455 e. The highest BCUT2D eigenvalue weighted by molar-refractivity contribution is 6.39. The molecule has 5 nitrogen and oxygen atoms in total. The fraction of sp³-hybridized carbons (Fsp3) is 0. The molecule has 0 amide bonds. The van der Waals surface area contributed by atoms with Gasteiger partial charge in [-0.05, 0) is 109 Å². The van der Waals surface area contributed by atoms with Gasteiger partial charge in [-0.25, -0.2) is 15.0 Å². The van der Waals surface area contributed by atoms with Crippen molar-refractivity contribution in [2.45, 2.75) is 0 Å². The summed E-state index contributed by atoms with van der Waals surface area (Å²) in [5.41, 5.74) is 12.7. The fourth-order valence-electron chi connectivity index (χ4n) is 10.4. The smallest absolute Gasteiger partial charge is 0.167 e. The Kier molecular flexibility index (Phi) is 8.27. The Balaban J connectivity index is 0.927. The van der Waals surface area contributed by atoms with Gasteiger partial charge in [0.05, 0.1) is 10.6 Å². The predicted molar refractivity (Wildman–Crippen MR) is 278 cm³/mol. The van der Waals surface area contributed by atoms with Crippen molar-refractivity contribution in [1.29, 1.82) is 0 Å². The van der Waals surface area contributed by atoms with Crippen molar-refractivity contribution in [3.63, 3.8) is 0 Å². The van der Waals surface area contributed by atoms with E-state index in [1.54, 1.807) is 0 Å². The molecule has 0 radical (unpaired) electrons. The highest BCUT2D eigenvalue weighted by atomic mass is 35.5. The van der Waals surface area contributed by atoms with Crippen LogP contribution in [0, 0.1) is 0 Å². The summed E-state index contributed by atoms with van der Waals surface area (Å²) in [5, 5.41) is 12.4. The van der Waals surface area contributed by atoms with Gasteiger partial charge < -0.3 is 9.40 Å². The third kappa shape index (κ3) is 5.92. The lowest BCUT2D eigenvalue weighted by atomic mass is 9.90. The van der Waals surface area contributed by atoms with Gasteiger partial charge in [0.15, 0.2) is 17.5 Å². The number of halogens is 1. The maximum Gasteiger partial charge on any atom is 0.167 e. The standard InChI is InChI=1S/C61H35ClN4O/c62-51-30-29-45(58-54(51)50-33-41(35-13-4-1-5-14-35)32-47(57(50)67-58)36-15-6-2-7-16-36)61-65-59(38-17-8-3-9-18-38)64-60(66-61)39-27-25-37(26-28-39)42-20-10-19-40-31-48-43-21-11-23-52-55(43)56-44(49(48)34-46(40)42)22-12-24-53(56)63-52/h1-34,63H. The Morgan fingerprint density at radius 2 is 0.896 bits per heavy atom. The minimum absolute atomic E-state index is 0.494. The third-order valence-corrected chi connectivity index (χ3v) is 13.8. The van der Waals surface area contributed by atoms with Gasteiger partial charge in [0.2, 0.25) is 0 Å². The molecule has 6 heteroatoms. The van der Waals surface area contributed by atoms with Crippen LogP contribution in [0.1, 0.15) is 0 Å². The molecule has 0 saturated heterocycles. The molecule has 67 heavy (non-hydrogen) atoms. The van der Waals surface area contributed by atoms with E-state index in [1.165, 1.54) is 54.1 Å². The molecular formula is C61H35ClN4O. The van der Waals surface area contributed by atoms with E-state index < -0.39 is 0 Å². The summed E-state index contributed by atoms with van der Waals surface area (Å²) in [6.07, 6.45) is 0. The molecule has 312 valence electrons. The molecule has 0 bridgehead atoms. The highest BCUT2D eigenvalue weighted by Crippen LogP contribution is 2.46. The van der Waals surface area contributed by atoms with E-state index in [4.69, 9.17) is 31.0 Å². The molecule has 3 heterocycles. The number of furan rings is 1. The van der Waals surface area contributed by atoms with E-state index in [9.17, 15) is 0 Å². The molecule has 0 saturated carbocycles. The van der Waals surface area contributed by atoms with Gasteiger partial charge in [-0.1, -0.05) is 169 Å². The molecule has 0 aliphatic carbocycles. The molecule has 3 aromatic heterocycles. The van der Waals surface area contributed by atoms with Crippen LogP contribution in [-0.4, -0.2) is 19.9 Å². The van der Waals surface area contributed by atoms with Gasteiger partial charge in [-0.2, -0.15) is 0 Å². The molecule has 0 fully saturated rings. The number of H-pyrrole nitrogens is 1. The topological polar surface area (TPSA) is 67.6 Å². The van der Waals surface area contributed by atoms with Crippen molar-refractivity contribution in [2.24, 2.45) is 0 Å². The molecule has 14 rings (SSSR count). The van der Waals surface area contributed by atoms with Crippen LogP contribution in [-0.2, 0) is 0 Å². The quantitative estimate of drug-likeness (QED) is 0.133. The van der Waals surface area contributed by atoms with Crippen molar-refractivity contribution in [1.82, 2.24) is 19.9 Å². The maximum atomic E-state index is 7.16. The number of rotatable bonds is 6. The summed E-state index contributed by atoms with van der Waals surface area (Å²) in [7, 11) is 0. The monoisotopic (exact) mass is 874 g/mol. The second-order valence-electron chi connectivity index (χ2n) is 17.3. The normalized spacial score (nSPS) is 12.0. The zero-order valence-corrected chi connectivity index (χ0v) is 36.5. The van der Waals surface area contributed by atoms with Gasteiger partial charge in [-0.3, -0.25) is 0 Å². The van der Waals surface area contributed by atoms with Gasteiger partial charge in [0.1, 0.15) is 11.2 Å². The van der Waals surface area contributed by atoms with Crippen molar-refractivity contribution < 1.29 is 4.42 Å². The Hall–Kier alpha value is -8.64. The average Bonchev–Trinajstić information content (AvgIpc) is 3.98. The maximum absolute atomic E-state index is 7.16. The molecule has 0 aliphatic heterocycles. The van der Waals surface area contributed by atoms with E-state index in [0.29, 0.717) is 28.1 Å². The summed E-state index contributed by atoms with van der Waals surface area (Å²) < 4.78 is 6.98. The van der Waals surface area contributed by atoms with Crippen LogP contribution in [0.25, 0.3) is 144 Å². The van der Waals surface area contributed by atoms with Gasteiger partial charge in [0.25, 0.3) is 0 Å². The molecule has 0 spiro atoms. The number of aromatic amines is 1. The first kappa shape index (κ1) is 37.7. The number of hydrogen-bond donors (Lipinski definition) is 1. The summed E-state index contributed by atoms with van der Waals surface area (Å²) in [6, 6.07) is 72.2. The van der Waals surface area contributed by atoms with Crippen LogP contribution in [0.2, 0.25) is 5.02 Å². The fourth-order valence-corrected chi connectivity index (χ4v) is 10.6. The first-order valence-electron chi connectivity index (χ1n) is 22.4. The van der Waals surface area contributed by atoms with Crippen LogP contribution in [0.15, 0.2) is 211 Å². The van der Waals surface area contributed by atoms with Gasteiger partial charge in [0, 0.05) is 49.3 Å². The summed E-state index contributed by atoms with van der Waals surface area (Å²) in [6.45, 7) is 0. The first-order valence-corrected chi connectivity index (χ1v) is 22.8. The zero-order valence-electron chi connectivity index (χ0n) is 35.8. The second kappa shape index (κ2) is 14.7. The molecule has 11 aromatic carbocycles. The van der Waals surface area contributed by atoms with Crippen molar-refractivity contribution in [2.75, 3.05) is 0 Å². The number of nitrogens with zero attached hydrogens (tertiary/aromatic N) is 3. The molecular weight excluding hydrogens is 840 g/mol. The van der Waals surface area contributed by atoms with Crippen LogP contribution >= 0.6 is 11.6 Å². The number of fused-ring (bicyclic) bond motifs is 7.